The summed E-state index contributed by atoms with van der Waals surface area (Å²) in [6.07, 6.45) is -2.73. The van der Waals surface area contributed by atoms with Gasteiger partial charge < -0.3 is 5.11 Å². The van der Waals surface area contributed by atoms with E-state index >= 15 is 0 Å². The molecule has 0 unspecified atom stereocenters. The Morgan fingerprint density at radius 1 is 1.64 bits per heavy atom. The second-order valence-electron chi connectivity index (χ2n) is 2.44. The lowest BCUT2D eigenvalue weighted by Crippen LogP contribution is -2.00. The summed E-state index contributed by atoms with van der Waals surface area (Å²) < 4.78 is 25.0. The maximum atomic E-state index is 12.4. The molecule has 3 nitrogen and oxygen atoms in total. The van der Waals surface area contributed by atoms with Gasteiger partial charge in [-0.05, 0) is 22.0 Å². The lowest BCUT2D eigenvalue weighted by Gasteiger charge is -2.07. The Kier molecular flexibility index (Phi) is 3.49. The number of halogens is 3. The van der Waals surface area contributed by atoms with Crippen LogP contribution in [0.5, 0.6) is 0 Å². The van der Waals surface area contributed by atoms with Gasteiger partial charge in [-0.2, -0.15) is 5.26 Å². The highest BCUT2D eigenvalue weighted by molar-refractivity contribution is 9.10. The number of aromatic nitrogens is 1. The normalized spacial score (nSPS) is 10.3. The Morgan fingerprint density at radius 2 is 2.29 bits per heavy atom. The van der Waals surface area contributed by atoms with Crippen LogP contribution in [0.15, 0.2) is 10.7 Å². The zero-order valence-electron chi connectivity index (χ0n) is 6.84. The van der Waals surface area contributed by atoms with E-state index in [4.69, 9.17) is 10.4 Å². The number of rotatable bonds is 2. The fourth-order valence-electron chi connectivity index (χ4n) is 0.968. The van der Waals surface area contributed by atoms with Gasteiger partial charge in [0.05, 0.1) is 6.61 Å². The molecule has 0 atom stereocenters. The van der Waals surface area contributed by atoms with Gasteiger partial charge in [-0.25, -0.2) is 13.8 Å². The third-order valence-corrected chi connectivity index (χ3v) is 2.27. The molecule has 6 heteroatoms. The molecule has 1 aromatic heterocycles. The molecule has 0 saturated carbocycles. The summed E-state index contributed by atoms with van der Waals surface area (Å²) in [5.41, 5.74) is -0.464. The highest BCUT2D eigenvalue weighted by atomic mass is 79.9. The summed E-state index contributed by atoms with van der Waals surface area (Å²) in [5.74, 6) is 0. The van der Waals surface area contributed by atoms with Crippen LogP contribution in [-0.2, 0) is 6.61 Å². The van der Waals surface area contributed by atoms with Crippen LogP contribution in [0.25, 0.3) is 0 Å². The first-order valence-corrected chi connectivity index (χ1v) is 4.38. The van der Waals surface area contributed by atoms with Crippen molar-refractivity contribution < 1.29 is 13.9 Å². The van der Waals surface area contributed by atoms with Crippen LogP contribution < -0.4 is 0 Å². The second-order valence-corrected chi connectivity index (χ2v) is 3.19. The maximum absolute atomic E-state index is 12.4. The van der Waals surface area contributed by atoms with Crippen molar-refractivity contribution >= 4 is 15.9 Å². The molecule has 74 valence electrons. The van der Waals surface area contributed by atoms with Crippen LogP contribution in [0.4, 0.5) is 8.78 Å². The van der Waals surface area contributed by atoms with Gasteiger partial charge in [0, 0.05) is 11.1 Å². The Bertz CT molecular complexity index is 390. The number of aliphatic hydroxyl groups is 1. The van der Waals surface area contributed by atoms with Crippen molar-refractivity contribution in [1.29, 1.82) is 5.26 Å². The van der Waals surface area contributed by atoms with E-state index in [-0.39, 0.29) is 21.4 Å². The fourth-order valence-corrected chi connectivity index (χ4v) is 1.51. The highest BCUT2D eigenvalue weighted by Gasteiger charge is 2.17. The SMILES string of the molecule is N#Cc1cc(C(F)F)c(CO)c(Br)n1. The molecule has 1 aromatic rings. The summed E-state index contributed by atoms with van der Waals surface area (Å²) in [7, 11) is 0. The average Bonchev–Trinajstić information content (AvgIpc) is 2.16. The average molecular weight is 263 g/mol. The van der Waals surface area contributed by atoms with Crippen molar-refractivity contribution in [2.75, 3.05) is 0 Å². The molecule has 0 radical (unpaired) electrons. The molecule has 1 N–H and O–H groups in total. The quantitative estimate of drug-likeness (QED) is 0.831. The number of aliphatic hydroxyl groups excluding tert-OH is 1. The van der Waals surface area contributed by atoms with Crippen molar-refractivity contribution in [2.24, 2.45) is 0 Å². The largest absolute Gasteiger partial charge is 0.392 e. The smallest absolute Gasteiger partial charge is 0.264 e. The first kappa shape index (κ1) is 11.0. The Labute approximate surface area is 87.1 Å². The first-order valence-electron chi connectivity index (χ1n) is 3.58. The number of nitrogens with zero attached hydrogens (tertiary/aromatic N) is 2. The second kappa shape index (κ2) is 4.44. The van der Waals surface area contributed by atoms with Crippen LogP contribution >= 0.6 is 15.9 Å². The van der Waals surface area contributed by atoms with Crippen molar-refractivity contribution in [3.05, 3.63) is 27.5 Å². The van der Waals surface area contributed by atoms with Crippen molar-refractivity contribution in [1.82, 2.24) is 4.98 Å². The van der Waals surface area contributed by atoms with E-state index in [9.17, 15) is 8.78 Å². The monoisotopic (exact) mass is 262 g/mol. The number of alkyl halides is 2. The van der Waals surface area contributed by atoms with Crippen LogP contribution in [-0.4, -0.2) is 10.1 Å². The molecule has 0 aromatic carbocycles. The van der Waals surface area contributed by atoms with Crippen LogP contribution in [0.1, 0.15) is 23.2 Å². The lowest BCUT2D eigenvalue weighted by atomic mass is 10.1. The minimum Gasteiger partial charge on any atom is -0.392 e. The standard InChI is InChI=1S/C8H5BrF2N2O/c9-7-6(3-14)5(8(10)11)1-4(2-12)13-7/h1,8,14H,3H2. The van der Waals surface area contributed by atoms with Gasteiger partial charge in [0.25, 0.3) is 6.43 Å². The summed E-state index contributed by atoms with van der Waals surface area (Å²) in [6.45, 7) is -0.543. The summed E-state index contributed by atoms with van der Waals surface area (Å²) >= 11 is 2.91. The van der Waals surface area contributed by atoms with E-state index in [0.717, 1.165) is 6.07 Å². The Balaban J connectivity index is 3.37. The van der Waals surface area contributed by atoms with Gasteiger partial charge in [-0.3, -0.25) is 0 Å². The van der Waals surface area contributed by atoms with Gasteiger partial charge >= 0.3 is 0 Å². The molecule has 14 heavy (non-hydrogen) atoms. The molecule has 0 spiro atoms. The van der Waals surface area contributed by atoms with Crippen LogP contribution in [0.2, 0.25) is 0 Å². The number of hydrogen-bond donors (Lipinski definition) is 1. The predicted molar refractivity (Wildman–Crippen MR) is 47.5 cm³/mol. The third kappa shape index (κ3) is 2.05. The maximum Gasteiger partial charge on any atom is 0.264 e. The molecule has 1 rings (SSSR count). The van der Waals surface area contributed by atoms with Gasteiger partial charge in [-0.15, -0.1) is 0 Å². The molecule has 0 amide bonds. The van der Waals surface area contributed by atoms with Crippen molar-refractivity contribution in [3.63, 3.8) is 0 Å². The summed E-state index contributed by atoms with van der Waals surface area (Å²) in [4.78, 5) is 3.67. The van der Waals surface area contributed by atoms with Gasteiger partial charge in [-0.1, -0.05) is 0 Å². The lowest BCUT2D eigenvalue weighted by molar-refractivity contribution is 0.146. The van der Waals surface area contributed by atoms with Gasteiger partial charge in [0.15, 0.2) is 0 Å². The van der Waals surface area contributed by atoms with E-state index in [1.807, 2.05) is 0 Å². The van der Waals surface area contributed by atoms with Gasteiger partial charge in [0.2, 0.25) is 0 Å². The topological polar surface area (TPSA) is 56.9 Å². The molecule has 0 saturated heterocycles. The van der Waals surface area contributed by atoms with Crippen molar-refractivity contribution in [3.8, 4) is 6.07 Å². The van der Waals surface area contributed by atoms with Gasteiger partial charge in [0.1, 0.15) is 16.4 Å². The minimum absolute atomic E-state index is 0.0130. The third-order valence-electron chi connectivity index (χ3n) is 1.62. The van der Waals surface area contributed by atoms with E-state index in [0.29, 0.717) is 0 Å². The van der Waals surface area contributed by atoms with Crippen LogP contribution in [0.3, 0.4) is 0 Å². The zero-order valence-corrected chi connectivity index (χ0v) is 8.42. The minimum atomic E-state index is -2.73. The molecule has 0 fully saturated rings. The summed E-state index contributed by atoms with van der Waals surface area (Å²) in [6, 6.07) is 2.63. The molecule has 0 aliphatic heterocycles. The number of pyridine rings is 1. The highest BCUT2D eigenvalue weighted by Crippen LogP contribution is 2.28. The molecule has 0 aliphatic carbocycles. The zero-order chi connectivity index (χ0) is 10.7. The molecular weight excluding hydrogens is 258 g/mol. The van der Waals surface area contributed by atoms with E-state index in [2.05, 4.69) is 20.9 Å². The van der Waals surface area contributed by atoms with Crippen LogP contribution in [0, 0.1) is 11.3 Å². The molecule has 0 bridgehead atoms. The van der Waals surface area contributed by atoms with E-state index in [1.165, 1.54) is 0 Å². The predicted octanol–water partition coefficient (Wildman–Crippen LogP) is 2.15. The number of hydrogen-bond acceptors (Lipinski definition) is 3. The van der Waals surface area contributed by atoms with E-state index in [1.54, 1.807) is 6.07 Å². The molecule has 1 heterocycles. The number of nitriles is 1. The molecule has 0 aliphatic rings. The first-order chi connectivity index (χ1) is 6.60. The Morgan fingerprint density at radius 3 is 2.71 bits per heavy atom. The Hall–Kier alpha value is -1.06. The summed E-state index contributed by atoms with van der Waals surface area (Å²) in [5, 5.41) is 17.3. The fraction of sp³-hybridized carbons (Fsp3) is 0.250. The van der Waals surface area contributed by atoms with Crippen molar-refractivity contribution in [2.45, 2.75) is 13.0 Å². The molecular formula is C8H5BrF2N2O. The van der Waals surface area contributed by atoms with E-state index < -0.39 is 13.0 Å².